The van der Waals surface area contributed by atoms with Crippen LogP contribution in [0.4, 0.5) is 0 Å². The molecule has 1 aromatic carbocycles. The van der Waals surface area contributed by atoms with E-state index in [1.54, 1.807) is 11.1 Å². The number of sulfone groups is 1. The largest absolute Gasteiger partial charge is 0.338 e. The van der Waals surface area contributed by atoms with Gasteiger partial charge in [0.25, 0.3) is 0 Å². The highest BCUT2D eigenvalue weighted by Crippen LogP contribution is 2.28. The molecule has 0 aliphatic carbocycles. The topological polar surface area (TPSA) is 72.3 Å². The molecular weight excluding hydrogens is 450 g/mol. The number of hydrogen-bond donors (Lipinski definition) is 0. The zero-order chi connectivity index (χ0) is 19.6. The third-order valence-corrected chi connectivity index (χ3v) is 7.96. The van der Waals surface area contributed by atoms with Gasteiger partial charge in [0, 0.05) is 35.1 Å². The van der Waals surface area contributed by atoms with Crippen molar-refractivity contribution in [3.8, 4) is 5.69 Å². The van der Waals surface area contributed by atoms with Gasteiger partial charge in [0.05, 0.1) is 16.8 Å². The lowest BCUT2D eigenvalue weighted by Gasteiger charge is -2.29. The van der Waals surface area contributed by atoms with Crippen LogP contribution in [0.15, 0.2) is 46.3 Å². The van der Waals surface area contributed by atoms with Crippen LogP contribution in [0.2, 0.25) is 0 Å². The average molecular weight is 472 g/mol. The van der Waals surface area contributed by atoms with Crippen molar-refractivity contribution in [1.29, 1.82) is 0 Å². The molecule has 6 nitrogen and oxygen atoms in total. The summed E-state index contributed by atoms with van der Waals surface area (Å²) in [6.45, 7) is 4.24. The number of benzene rings is 1. The molecule has 1 aliphatic rings. The van der Waals surface area contributed by atoms with Gasteiger partial charge < -0.3 is 4.90 Å². The van der Waals surface area contributed by atoms with E-state index in [0.29, 0.717) is 13.0 Å². The van der Waals surface area contributed by atoms with E-state index in [-0.39, 0.29) is 28.7 Å². The minimum absolute atomic E-state index is 0.0463. The molecule has 1 amide bonds. The fourth-order valence-corrected chi connectivity index (χ4v) is 6.18. The molecule has 27 heavy (non-hydrogen) atoms. The number of thioether (sulfide) groups is 1. The summed E-state index contributed by atoms with van der Waals surface area (Å²) in [5.74, 6) is 0.184. The molecule has 1 saturated heterocycles. The number of carbonyl (C=O) groups is 1. The van der Waals surface area contributed by atoms with Crippen LogP contribution in [0.3, 0.4) is 0 Å². The van der Waals surface area contributed by atoms with E-state index in [9.17, 15) is 13.2 Å². The van der Waals surface area contributed by atoms with Crippen molar-refractivity contribution in [1.82, 2.24) is 14.5 Å². The van der Waals surface area contributed by atoms with E-state index in [1.165, 1.54) is 11.8 Å². The lowest BCUT2D eigenvalue weighted by molar-refractivity contribution is -0.131. The first-order valence-electron chi connectivity index (χ1n) is 8.77. The van der Waals surface area contributed by atoms with Crippen LogP contribution in [0.25, 0.3) is 5.69 Å². The molecule has 0 saturated carbocycles. The fourth-order valence-electron chi connectivity index (χ4n) is 3.23. The quantitative estimate of drug-likeness (QED) is 0.604. The summed E-state index contributed by atoms with van der Waals surface area (Å²) in [5.41, 5.74) is 0.965. The van der Waals surface area contributed by atoms with Crippen LogP contribution in [0.5, 0.6) is 0 Å². The Morgan fingerprint density at radius 3 is 2.70 bits per heavy atom. The van der Waals surface area contributed by atoms with Crippen LogP contribution in [0.1, 0.15) is 20.3 Å². The van der Waals surface area contributed by atoms with Crippen molar-refractivity contribution < 1.29 is 13.2 Å². The summed E-state index contributed by atoms with van der Waals surface area (Å²) in [4.78, 5) is 19.1. The standard InChI is InChI=1S/C18H22BrN3O3S2/c1-3-21(16-8-11-27(24,25)12-16)17(23)13(2)26-18-20-9-10-22(18)15-6-4-14(19)5-7-15/h4-7,9-10,13,16H,3,8,11-12H2,1-2H3. The number of rotatable bonds is 6. The Kier molecular flexibility index (Phi) is 6.32. The van der Waals surface area contributed by atoms with E-state index in [2.05, 4.69) is 20.9 Å². The zero-order valence-electron chi connectivity index (χ0n) is 15.2. The molecular formula is C18H22BrN3O3S2. The highest BCUT2D eigenvalue weighted by molar-refractivity contribution is 9.10. The predicted octanol–water partition coefficient (Wildman–Crippen LogP) is 3.15. The highest BCUT2D eigenvalue weighted by atomic mass is 79.9. The van der Waals surface area contributed by atoms with Crippen molar-refractivity contribution in [2.75, 3.05) is 18.1 Å². The van der Waals surface area contributed by atoms with Gasteiger partial charge in [0.15, 0.2) is 15.0 Å². The number of imidazole rings is 1. The van der Waals surface area contributed by atoms with Crippen molar-refractivity contribution >= 4 is 43.4 Å². The summed E-state index contributed by atoms with van der Waals surface area (Å²) in [5, 5.41) is 0.373. The van der Waals surface area contributed by atoms with Crippen molar-refractivity contribution in [2.45, 2.75) is 36.7 Å². The molecule has 2 heterocycles. The molecule has 0 spiro atoms. The molecule has 2 aromatic rings. The Bertz CT molecular complexity index is 912. The average Bonchev–Trinajstić information content (AvgIpc) is 3.22. The number of halogens is 1. The summed E-state index contributed by atoms with van der Waals surface area (Å²) in [6, 6.07) is 7.64. The number of aromatic nitrogens is 2. The molecule has 9 heteroatoms. The molecule has 0 N–H and O–H groups in total. The van der Waals surface area contributed by atoms with Gasteiger partial charge in [-0.15, -0.1) is 0 Å². The lowest BCUT2D eigenvalue weighted by Crippen LogP contribution is -2.44. The molecule has 1 fully saturated rings. The molecule has 1 aromatic heterocycles. The van der Waals surface area contributed by atoms with Crippen LogP contribution in [-0.4, -0.2) is 58.1 Å². The van der Waals surface area contributed by atoms with E-state index in [0.717, 1.165) is 15.3 Å². The van der Waals surface area contributed by atoms with Gasteiger partial charge in [-0.1, -0.05) is 27.7 Å². The number of carbonyl (C=O) groups excluding carboxylic acids is 1. The van der Waals surface area contributed by atoms with Crippen LogP contribution in [-0.2, 0) is 14.6 Å². The first-order chi connectivity index (χ1) is 12.8. The minimum Gasteiger partial charge on any atom is -0.338 e. The van der Waals surface area contributed by atoms with Crippen LogP contribution >= 0.6 is 27.7 Å². The third-order valence-electron chi connectivity index (χ3n) is 4.61. The van der Waals surface area contributed by atoms with Gasteiger partial charge in [-0.3, -0.25) is 9.36 Å². The van der Waals surface area contributed by atoms with E-state index < -0.39 is 9.84 Å². The molecule has 0 bridgehead atoms. The van der Waals surface area contributed by atoms with Gasteiger partial charge in [0.2, 0.25) is 5.91 Å². The third kappa shape index (κ3) is 4.75. The van der Waals surface area contributed by atoms with E-state index in [4.69, 9.17) is 0 Å². The van der Waals surface area contributed by atoms with E-state index >= 15 is 0 Å². The first kappa shape index (κ1) is 20.4. The molecule has 3 rings (SSSR count). The van der Waals surface area contributed by atoms with Crippen molar-refractivity contribution in [3.05, 3.63) is 41.1 Å². The Balaban J connectivity index is 1.73. The lowest BCUT2D eigenvalue weighted by atomic mass is 10.2. The number of amides is 1. The second-order valence-electron chi connectivity index (χ2n) is 6.50. The Morgan fingerprint density at radius 1 is 1.41 bits per heavy atom. The molecule has 0 radical (unpaired) electrons. The highest BCUT2D eigenvalue weighted by Gasteiger charge is 2.35. The number of hydrogen-bond acceptors (Lipinski definition) is 5. The Morgan fingerprint density at radius 2 is 2.11 bits per heavy atom. The zero-order valence-corrected chi connectivity index (χ0v) is 18.4. The normalized spacial score (nSPS) is 19.7. The Labute approximate surface area is 172 Å². The molecule has 2 unspecified atom stereocenters. The predicted molar refractivity (Wildman–Crippen MR) is 111 cm³/mol. The van der Waals surface area contributed by atoms with Crippen molar-refractivity contribution in [2.24, 2.45) is 0 Å². The summed E-state index contributed by atoms with van der Waals surface area (Å²) >= 11 is 4.81. The molecule has 1 aliphatic heterocycles. The maximum Gasteiger partial charge on any atom is 0.236 e. The monoisotopic (exact) mass is 471 g/mol. The summed E-state index contributed by atoms with van der Waals surface area (Å²) in [6.07, 6.45) is 4.10. The van der Waals surface area contributed by atoms with Crippen molar-refractivity contribution in [3.63, 3.8) is 0 Å². The van der Waals surface area contributed by atoms with Crippen LogP contribution in [0, 0.1) is 0 Å². The van der Waals surface area contributed by atoms with Gasteiger partial charge >= 0.3 is 0 Å². The first-order valence-corrected chi connectivity index (χ1v) is 12.3. The molecule has 2 atom stereocenters. The fraction of sp³-hybridized carbons (Fsp3) is 0.444. The summed E-state index contributed by atoms with van der Waals surface area (Å²) < 4.78 is 26.5. The maximum atomic E-state index is 13.0. The molecule has 146 valence electrons. The second kappa shape index (κ2) is 8.36. The maximum absolute atomic E-state index is 13.0. The second-order valence-corrected chi connectivity index (χ2v) is 10.9. The SMILES string of the molecule is CCN(C(=O)C(C)Sc1nccn1-c1ccc(Br)cc1)C1CCS(=O)(=O)C1. The van der Waals surface area contributed by atoms with Crippen LogP contribution < -0.4 is 0 Å². The Hall–Kier alpha value is -1.32. The van der Waals surface area contributed by atoms with E-state index in [1.807, 2.05) is 48.9 Å². The summed E-state index contributed by atoms with van der Waals surface area (Å²) in [7, 11) is -3.03. The minimum atomic E-state index is -3.03. The van der Waals surface area contributed by atoms with Gasteiger partial charge in [0.1, 0.15) is 0 Å². The smallest absolute Gasteiger partial charge is 0.236 e. The number of nitrogens with zero attached hydrogens (tertiary/aromatic N) is 3. The van der Waals surface area contributed by atoms with Gasteiger partial charge in [-0.2, -0.15) is 0 Å². The van der Waals surface area contributed by atoms with Gasteiger partial charge in [-0.05, 0) is 44.5 Å². The van der Waals surface area contributed by atoms with Gasteiger partial charge in [-0.25, -0.2) is 13.4 Å².